The molecule has 21 heteroatoms. The maximum absolute atomic E-state index is 13.7. The molecule has 0 saturated carbocycles. The van der Waals surface area contributed by atoms with Gasteiger partial charge in [-0.2, -0.15) is 15.3 Å². The van der Waals surface area contributed by atoms with Gasteiger partial charge in [-0.25, -0.2) is 54.8 Å². The highest BCUT2D eigenvalue weighted by Crippen LogP contribution is 2.34. The van der Waals surface area contributed by atoms with Crippen molar-refractivity contribution in [3.8, 4) is 35.5 Å². The van der Waals surface area contributed by atoms with Gasteiger partial charge in [-0.15, -0.1) is 0 Å². The Labute approximate surface area is 550 Å². The van der Waals surface area contributed by atoms with E-state index in [0.29, 0.717) is 92.5 Å². The third kappa shape index (κ3) is 14.2. The molecule has 0 spiro atoms. The van der Waals surface area contributed by atoms with Gasteiger partial charge in [-0.3, -0.25) is 0 Å². The second-order valence-electron chi connectivity index (χ2n) is 23.7. The molecule has 0 N–H and O–H groups in total. The Morgan fingerprint density at radius 1 is 0.412 bits per heavy atom. The minimum absolute atomic E-state index is 0.0206. The molecule has 15 nitrogen and oxygen atoms in total. The molecule has 15 rings (SSSR count). The lowest BCUT2D eigenvalue weighted by molar-refractivity contribution is 0.0167. The Kier molecular flexibility index (Phi) is 17.3. The van der Waals surface area contributed by atoms with Crippen molar-refractivity contribution in [3.63, 3.8) is 0 Å². The van der Waals surface area contributed by atoms with E-state index < -0.39 is 17.8 Å². The van der Waals surface area contributed by atoms with Gasteiger partial charge in [-0.05, 0) is 157 Å². The van der Waals surface area contributed by atoms with E-state index in [0.717, 1.165) is 87.2 Å². The number of rotatable bonds is 10. The van der Waals surface area contributed by atoms with E-state index in [-0.39, 0.29) is 17.5 Å². The van der Waals surface area contributed by atoms with Gasteiger partial charge < -0.3 is 13.6 Å². The van der Waals surface area contributed by atoms with Crippen molar-refractivity contribution in [3.05, 3.63) is 284 Å². The lowest BCUT2D eigenvalue weighted by atomic mass is 9.99. The number of fused-ring (bicyclic) bond motifs is 6. The average molecular weight is 1300 g/mol. The first kappa shape index (κ1) is 63.6. The Morgan fingerprint density at radius 2 is 0.876 bits per heavy atom. The van der Waals surface area contributed by atoms with Gasteiger partial charge in [0.15, 0.2) is 33.7 Å². The zero-order valence-electron chi connectivity index (χ0n) is 53.0. The minimum atomic E-state index is -2.90. The number of halogens is 6. The average Bonchev–Trinajstić information content (AvgIpc) is 1.69. The second kappa shape index (κ2) is 26.3. The number of nitrogens with zero attached hydrogens (tertiary/aromatic N) is 12. The molecule has 0 aliphatic carbocycles. The summed E-state index contributed by atoms with van der Waals surface area (Å²) in [4.78, 5) is 12.9. The van der Waals surface area contributed by atoms with Crippen LogP contribution in [0, 0.1) is 56.3 Å². The van der Waals surface area contributed by atoms with Gasteiger partial charge in [0.1, 0.15) is 17.1 Å². The Hall–Kier alpha value is -12.2. The van der Waals surface area contributed by atoms with Crippen LogP contribution in [0.1, 0.15) is 122 Å². The van der Waals surface area contributed by atoms with Gasteiger partial charge in [0.2, 0.25) is 5.92 Å². The largest absolute Gasteiger partial charge is 0.355 e. The predicted molar refractivity (Wildman–Crippen MR) is 354 cm³/mol. The van der Waals surface area contributed by atoms with Gasteiger partial charge >= 0.3 is 0 Å². The van der Waals surface area contributed by atoms with Crippen LogP contribution < -0.4 is 0 Å². The second-order valence-corrected chi connectivity index (χ2v) is 23.7. The first-order chi connectivity index (χ1) is 46.7. The molecule has 15 aromatic rings. The number of benzene rings is 6. The summed E-state index contributed by atoms with van der Waals surface area (Å²) in [5.74, 6) is 10.3. The zero-order chi connectivity index (χ0) is 67.6. The van der Waals surface area contributed by atoms with Crippen LogP contribution in [0.3, 0.4) is 0 Å². The number of aromatic nitrogens is 12. The van der Waals surface area contributed by atoms with Crippen molar-refractivity contribution in [2.24, 2.45) is 0 Å². The first-order valence-corrected chi connectivity index (χ1v) is 30.6. The third-order valence-corrected chi connectivity index (χ3v) is 15.9. The van der Waals surface area contributed by atoms with Crippen molar-refractivity contribution in [1.82, 2.24) is 59.3 Å². The van der Waals surface area contributed by atoms with Crippen molar-refractivity contribution in [2.75, 3.05) is 0 Å². The van der Waals surface area contributed by atoms with E-state index in [1.165, 1.54) is 24.3 Å². The molecule has 6 aromatic carbocycles. The molecule has 0 atom stereocenters. The maximum Gasteiger partial charge on any atom is 0.270 e. The van der Waals surface area contributed by atoms with Gasteiger partial charge in [-0.1, -0.05) is 106 Å². The monoisotopic (exact) mass is 1300 g/mol. The molecule has 0 bridgehead atoms. The molecule has 0 amide bonds. The normalized spacial score (nSPS) is 11.6. The smallest absolute Gasteiger partial charge is 0.270 e. The topological polar surface area (TPSA) is 169 Å². The summed E-state index contributed by atoms with van der Waals surface area (Å²) in [6.07, 6.45) is 11.0. The van der Waals surface area contributed by atoms with Crippen LogP contribution in [-0.4, -0.2) is 65.2 Å². The summed E-state index contributed by atoms with van der Waals surface area (Å²) in [6.45, 7) is 8.61. The van der Waals surface area contributed by atoms with Crippen molar-refractivity contribution in [1.29, 1.82) is 0 Å². The summed E-state index contributed by atoms with van der Waals surface area (Å²) in [5.41, 5.74) is 16.0. The fourth-order valence-electron chi connectivity index (χ4n) is 11.2. The number of hydrogen-bond donors (Lipinski definition) is 0. The summed E-state index contributed by atoms with van der Waals surface area (Å²) >= 11 is 0. The summed E-state index contributed by atoms with van der Waals surface area (Å²) in [5, 5.41) is 28.1. The highest BCUT2D eigenvalue weighted by atomic mass is 19.3. The van der Waals surface area contributed by atoms with Crippen LogP contribution in [0.25, 0.3) is 49.8 Å². The molecule has 9 aromatic heterocycles. The molecule has 0 aliphatic heterocycles. The van der Waals surface area contributed by atoms with E-state index in [2.05, 4.69) is 81.2 Å². The summed E-state index contributed by atoms with van der Waals surface area (Å²) in [7, 11) is 0. The van der Waals surface area contributed by atoms with Crippen LogP contribution in [0.4, 0.5) is 26.3 Å². The molecule has 0 saturated heterocycles. The number of hydrogen-bond acceptors (Lipinski definition) is 12. The third-order valence-electron chi connectivity index (χ3n) is 15.9. The highest BCUT2D eigenvalue weighted by Gasteiger charge is 2.27. The van der Waals surface area contributed by atoms with Crippen LogP contribution in [0.2, 0.25) is 0 Å². The molecular weight excluding hydrogens is 1240 g/mol. The van der Waals surface area contributed by atoms with E-state index >= 15 is 0 Å². The minimum Gasteiger partial charge on any atom is -0.355 e. The van der Waals surface area contributed by atoms with Crippen LogP contribution in [0.15, 0.2) is 196 Å². The molecule has 480 valence electrons. The highest BCUT2D eigenvalue weighted by molar-refractivity contribution is 5.89. The molecule has 0 aliphatic rings. The fourth-order valence-corrected chi connectivity index (χ4v) is 11.2. The van der Waals surface area contributed by atoms with Crippen LogP contribution in [-0.2, 0) is 37.5 Å². The van der Waals surface area contributed by atoms with Crippen molar-refractivity contribution >= 4 is 49.8 Å². The number of imidazole rings is 3. The molecule has 97 heavy (non-hydrogen) atoms. The van der Waals surface area contributed by atoms with E-state index in [9.17, 15) is 26.3 Å². The number of alkyl halides is 6. The summed E-state index contributed by atoms with van der Waals surface area (Å²) < 4.78 is 104. The molecular formula is C76H56F6N12O3. The SMILES string of the molecule is Cc1cc(C#Cc2cnc3cccnn23)c2onc(Cc3cccc(C(C)(F)F)c3)c2c1.Cc1ccc(C#Cc2cnc3cccnn23)c2onc(Cc3cccc(C(C)(F)F)c3)c12.Cc1ccc2c(Cc3cccc(CC(C)(F)F)c3)noc2c1C#Cc1cnc2cccnn12. The van der Waals surface area contributed by atoms with Crippen LogP contribution in [0.5, 0.6) is 0 Å². The lowest BCUT2D eigenvalue weighted by Gasteiger charge is -2.11. The Balaban J connectivity index is 0.000000131. The lowest BCUT2D eigenvalue weighted by Crippen LogP contribution is -2.13. The van der Waals surface area contributed by atoms with Crippen molar-refractivity contribution in [2.45, 2.75) is 85.0 Å². The van der Waals surface area contributed by atoms with Crippen LogP contribution >= 0.6 is 0 Å². The van der Waals surface area contributed by atoms with Gasteiger partial charge in [0.05, 0.1) is 52.4 Å². The zero-order valence-corrected chi connectivity index (χ0v) is 53.0. The van der Waals surface area contributed by atoms with E-state index in [1.54, 1.807) is 81.1 Å². The molecule has 0 fully saturated rings. The van der Waals surface area contributed by atoms with E-state index in [1.807, 2.05) is 112 Å². The fraction of sp³-hybridized carbons (Fsp3) is 0.171. The van der Waals surface area contributed by atoms with Gasteiger partial charge in [0, 0.05) is 85.4 Å². The molecule has 0 unspecified atom stereocenters. The Bertz CT molecular complexity index is 5670. The van der Waals surface area contributed by atoms with Crippen molar-refractivity contribution < 1.29 is 39.9 Å². The maximum atomic E-state index is 13.7. The predicted octanol–water partition coefficient (Wildman–Crippen LogP) is 15.9. The standard InChI is InChI=1S/C26H20F2N4O.2C25H18F2N4O/c1-17-8-10-22-23(14-18-5-3-6-19(13-18)15-26(2,27)28)31-33-25(22)21(17)11-9-20-16-29-24-7-4-12-30-32(20)24;1-16-8-9-18(10-11-20-15-28-22-7-4-12-29-31(20)22)24-23(16)21(30-32-24)14-17-5-3-6-19(13-17)25(2,26)27;1-16-11-18(8-9-20-15-28-23-7-4-10-29-31(20)23)24-21(12-16)22(30-32-24)14-17-5-3-6-19(13-17)25(2,26)27/h3-8,10,12-13,16H,14-15H2,1-2H3;3-9,12-13,15H,14H2,1-2H3;3-7,10-13,15H,14H2,1-2H3. The quantitative estimate of drug-likeness (QED) is 0.0940. The Morgan fingerprint density at radius 3 is 1.43 bits per heavy atom. The van der Waals surface area contributed by atoms with Gasteiger partial charge in [0.25, 0.3) is 11.8 Å². The first-order valence-electron chi connectivity index (χ1n) is 30.6. The summed E-state index contributed by atoms with van der Waals surface area (Å²) in [6, 6.07) is 42.7. The van der Waals surface area contributed by atoms with E-state index in [4.69, 9.17) is 13.6 Å². The molecule has 9 heterocycles. The molecule has 0 radical (unpaired) electrons. The number of aryl methyl sites for hydroxylation is 3.